The number of rotatable bonds is 3. The van der Waals surface area contributed by atoms with Gasteiger partial charge in [0.15, 0.2) is 11.6 Å². The molecule has 0 saturated heterocycles. The standard InChI is InChI=1S/C10H9F2N5/c11-7-2-1-6(5-8(7)12)15-9-3-4-14-10(16-9)17-13/h1-5H,13H2,(H2,14,15,16,17). The third kappa shape index (κ3) is 2.64. The van der Waals surface area contributed by atoms with E-state index >= 15 is 0 Å². The van der Waals surface area contributed by atoms with Crippen LogP contribution in [0.5, 0.6) is 0 Å². The van der Waals surface area contributed by atoms with Crippen molar-refractivity contribution in [1.82, 2.24) is 9.97 Å². The van der Waals surface area contributed by atoms with Crippen molar-refractivity contribution in [2.45, 2.75) is 0 Å². The predicted octanol–water partition coefficient (Wildman–Crippen LogP) is 1.78. The number of nitrogens with one attached hydrogen (secondary N) is 2. The Kier molecular flexibility index (Phi) is 3.10. The second-order valence-electron chi connectivity index (χ2n) is 3.16. The lowest BCUT2D eigenvalue weighted by Crippen LogP contribution is -2.10. The average molecular weight is 237 g/mol. The maximum absolute atomic E-state index is 12.9. The number of nitrogens with two attached hydrogens (primary N) is 1. The van der Waals surface area contributed by atoms with Crippen LogP contribution in [0, 0.1) is 11.6 Å². The van der Waals surface area contributed by atoms with Gasteiger partial charge in [-0.25, -0.2) is 19.6 Å². The Bertz CT molecular complexity index is 532. The summed E-state index contributed by atoms with van der Waals surface area (Å²) in [6, 6.07) is 5.03. The lowest BCUT2D eigenvalue weighted by Gasteiger charge is -2.06. The molecule has 0 unspecified atom stereocenters. The molecule has 1 heterocycles. The van der Waals surface area contributed by atoms with E-state index in [1.807, 2.05) is 0 Å². The molecule has 1 aromatic carbocycles. The van der Waals surface area contributed by atoms with Crippen LogP contribution >= 0.6 is 0 Å². The van der Waals surface area contributed by atoms with Crippen molar-refractivity contribution in [3.63, 3.8) is 0 Å². The van der Waals surface area contributed by atoms with Crippen LogP contribution in [0.4, 0.5) is 26.2 Å². The first-order valence-electron chi connectivity index (χ1n) is 4.71. The van der Waals surface area contributed by atoms with Gasteiger partial charge in [-0.3, -0.25) is 5.43 Å². The van der Waals surface area contributed by atoms with E-state index in [0.29, 0.717) is 11.5 Å². The fourth-order valence-corrected chi connectivity index (χ4v) is 1.22. The minimum atomic E-state index is -0.929. The number of nitrogens with zero attached hydrogens (tertiary/aromatic N) is 2. The predicted molar refractivity (Wildman–Crippen MR) is 59.5 cm³/mol. The van der Waals surface area contributed by atoms with Gasteiger partial charge >= 0.3 is 0 Å². The highest BCUT2D eigenvalue weighted by atomic mass is 19.2. The molecule has 0 bridgehead atoms. The monoisotopic (exact) mass is 237 g/mol. The molecule has 7 heteroatoms. The van der Waals surface area contributed by atoms with E-state index in [2.05, 4.69) is 20.7 Å². The quantitative estimate of drug-likeness (QED) is 0.560. The summed E-state index contributed by atoms with van der Waals surface area (Å²) in [5.74, 6) is 3.95. The normalized spacial score (nSPS) is 10.1. The first-order chi connectivity index (χ1) is 8.19. The van der Waals surface area contributed by atoms with Crippen molar-refractivity contribution in [1.29, 1.82) is 0 Å². The molecule has 1 aromatic heterocycles. The Hall–Kier alpha value is -2.28. The maximum Gasteiger partial charge on any atom is 0.239 e. The largest absolute Gasteiger partial charge is 0.340 e. The molecule has 0 radical (unpaired) electrons. The Labute approximate surface area is 95.7 Å². The van der Waals surface area contributed by atoms with Crippen molar-refractivity contribution in [2.75, 3.05) is 10.7 Å². The van der Waals surface area contributed by atoms with Crippen molar-refractivity contribution in [3.8, 4) is 0 Å². The van der Waals surface area contributed by atoms with Crippen LogP contribution in [0.15, 0.2) is 30.5 Å². The highest BCUT2D eigenvalue weighted by Crippen LogP contribution is 2.17. The summed E-state index contributed by atoms with van der Waals surface area (Å²) in [6.45, 7) is 0. The Morgan fingerprint density at radius 2 is 1.94 bits per heavy atom. The van der Waals surface area contributed by atoms with Crippen molar-refractivity contribution < 1.29 is 8.78 Å². The van der Waals surface area contributed by atoms with Crippen molar-refractivity contribution >= 4 is 17.5 Å². The van der Waals surface area contributed by atoms with E-state index in [-0.39, 0.29) is 5.95 Å². The zero-order valence-corrected chi connectivity index (χ0v) is 8.61. The van der Waals surface area contributed by atoms with Crippen LogP contribution in [-0.2, 0) is 0 Å². The molecule has 0 spiro atoms. The molecule has 2 rings (SSSR count). The maximum atomic E-state index is 12.9. The van der Waals surface area contributed by atoms with Gasteiger partial charge in [0.1, 0.15) is 5.82 Å². The summed E-state index contributed by atoms with van der Waals surface area (Å²) in [5.41, 5.74) is 2.66. The molecule has 2 aromatic rings. The number of hydrogen-bond donors (Lipinski definition) is 3. The second kappa shape index (κ2) is 4.71. The summed E-state index contributed by atoms with van der Waals surface area (Å²) in [6.07, 6.45) is 1.48. The molecular formula is C10H9F2N5. The van der Waals surface area contributed by atoms with Gasteiger partial charge in [0.2, 0.25) is 5.95 Å². The van der Waals surface area contributed by atoms with E-state index in [0.717, 1.165) is 12.1 Å². The van der Waals surface area contributed by atoms with Crippen LogP contribution in [-0.4, -0.2) is 9.97 Å². The average Bonchev–Trinajstić information content (AvgIpc) is 2.34. The third-order valence-corrected chi connectivity index (χ3v) is 1.98. The first-order valence-corrected chi connectivity index (χ1v) is 4.71. The highest BCUT2D eigenvalue weighted by Gasteiger charge is 2.03. The van der Waals surface area contributed by atoms with Crippen LogP contribution in [0.2, 0.25) is 0 Å². The van der Waals surface area contributed by atoms with Crippen LogP contribution in [0.1, 0.15) is 0 Å². The van der Waals surface area contributed by atoms with Gasteiger partial charge in [0.05, 0.1) is 0 Å². The topological polar surface area (TPSA) is 75.9 Å². The summed E-state index contributed by atoms with van der Waals surface area (Å²) in [5, 5.41) is 2.79. The van der Waals surface area contributed by atoms with Crippen LogP contribution < -0.4 is 16.6 Å². The van der Waals surface area contributed by atoms with Gasteiger partial charge in [-0.15, -0.1) is 0 Å². The minimum Gasteiger partial charge on any atom is -0.340 e. The number of aromatic nitrogens is 2. The fourth-order valence-electron chi connectivity index (χ4n) is 1.22. The Morgan fingerprint density at radius 1 is 1.12 bits per heavy atom. The smallest absolute Gasteiger partial charge is 0.239 e. The molecular weight excluding hydrogens is 228 g/mol. The lowest BCUT2D eigenvalue weighted by atomic mass is 10.3. The van der Waals surface area contributed by atoms with Gasteiger partial charge in [-0.05, 0) is 18.2 Å². The summed E-state index contributed by atoms with van der Waals surface area (Å²) < 4.78 is 25.6. The van der Waals surface area contributed by atoms with Gasteiger partial charge in [0.25, 0.3) is 0 Å². The van der Waals surface area contributed by atoms with E-state index in [9.17, 15) is 8.78 Å². The number of anilines is 3. The van der Waals surface area contributed by atoms with Gasteiger partial charge in [-0.1, -0.05) is 0 Å². The molecule has 17 heavy (non-hydrogen) atoms. The molecule has 0 saturated carbocycles. The molecule has 0 fully saturated rings. The molecule has 4 N–H and O–H groups in total. The van der Waals surface area contributed by atoms with Gasteiger partial charge in [-0.2, -0.15) is 4.98 Å². The molecule has 0 aliphatic carbocycles. The molecule has 88 valence electrons. The molecule has 0 atom stereocenters. The SMILES string of the molecule is NNc1nccc(Nc2ccc(F)c(F)c2)n1. The molecule has 0 aliphatic heterocycles. The Morgan fingerprint density at radius 3 is 2.65 bits per heavy atom. The van der Waals surface area contributed by atoms with E-state index in [4.69, 9.17) is 5.84 Å². The van der Waals surface area contributed by atoms with Crippen LogP contribution in [0.3, 0.4) is 0 Å². The molecule has 0 aliphatic rings. The van der Waals surface area contributed by atoms with E-state index in [1.165, 1.54) is 12.3 Å². The summed E-state index contributed by atoms with van der Waals surface area (Å²) in [4.78, 5) is 7.77. The number of benzene rings is 1. The van der Waals surface area contributed by atoms with E-state index < -0.39 is 11.6 Å². The van der Waals surface area contributed by atoms with Crippen LogP contribution in [0.25, 0.3) is 0 Å². The van der Waals surface area contributed by atoms with E-state index in [1.54, 1.807) is 6.07 Å². The number of nitrogen functional groups attached to an aromatic ring is 1. The third-order valence-electron chi connectivity index (χ3n) is 1.98. The zero-order chi connectivity index (χ0) is 12.3. The van der Waals surface area contributed by atoms with Crippen molar-refractivity contribution in [3.05, 3.63) is 42.1 Å². The Balaban J connectivity index is 2.22. The fraction of sp³-hybridized carbons (Fsp3) is 0. The number of hydrogen-bond acceptors (Lipinski definition) is 5. The van der Waals surface area contributed by atoms with Gasteiger partial charge < -0.3 is 5.32 Å². The highest BCUT2D eigenvalue weighted by molar-refractivity contribution is 5.56. The lowest BCUT2D eigenvalue weighted by molar-refractivity contribution is 0.509. The number of halogens is 2. The molecule has 5 nitrogen and oxygen atoms in total. The van der Waals surface area contributed by atoms with Gasteiger partial charge in [0, 0.05) is 18.0 Å². The minimum absolute atomic E-state index is 0.220. The number of hydrazine groups is 1. The molecule has 0 amide bonds. The second-order valence-corrected chi connectivity index (χ2v) is 3.16. The first kappa shape index (κ1) is 11.2. The zero-order valence-electron chi connectivity index (χ0n) is 8.61. The summed E-state index contributed by atoms with van der Waals surface area (Å²) in [7, 11) is 0. The van der Waals surface area contributed by atoms with Crippen molar-refractivity contribution in [2.24, 2.45) is 5.84 Å². The summed E-state index contributed by atoms with van der Waals surface area (Å²) >= 11 is 0.